The number of rotatable bonds is 6. The first-order valence-corrected chi connectivity index (χ1v) is 11.3. The second-order valence-corrected chi connectivity index (χ2v) is 9.75. The van der Waals surface area contributed by atoms with Gasteiger partial charge in [0.05, 0.1) is 0 Å². The highest BCUT2D eigenvalue weighted by Gasteiger charge is 2.30. The fraction of sp³-hybridized carbons (Fsp3) is 0.667. The van der Waals surface area contributed by atoms with Gasteiger partial charge in [-0.1, -0.05) is 45.7 Å². The van der Waals surface area contributed by atoms with Crippen molar-refractivity contribution in [2.45, 2.75) is 53.0 Å². The topological polar surface area (TPSA) is 43.9 Å². The lowest BCUT2D eigenvalue weighted by molar-refractivity contribution is -0.140. The summed E-state index contributed by atoms with van der Waals surface area (Å²) >= 11 is 0. The molecule has 5 nitrogen and oxygen atoms in total. The van der Waals surface area contributed by atoms with Gasteiger partial charge in [-0.15, -0.1) is 0 Å². The van der Waals surface area contributed by atoms with Crippen molar-refractivity contribution in [2.75, 3.05) is 39.3 Å². The SMILES string of the molecule is CC(C)(C)C(=O)N(CCN1CCN(C(=O)C2CCCC2)CC1)Cc1ccc(F)cc1. The molecule has 0 aromatic heterocycles. The third-order valence-electron chi connectivity index (χ3n) is 6.29. The van der Waals surface area contributed by atoms with E-state index in [1.807, 2.05) is 30.6 Å². The Kier molecular flexibility index (Phi) is 7.50. The number of carbonyl (C=O) groups excluding carboxylic acids is 2. The van der Waals surface area contributed by atoms with Gasteiger partial charge in [0.25, 0.3) is 0 Å². The Hall–Kier alpha value is -1.95. The number of piperazine rings is 1. The lowest BCUT2D eigenvalue weighted by Crippen LogP contribution is -2.52. The molecule has 1 aromatic rings. The van der Waals surface area contributed by atoms with Crippen LogP contribution in [0.15, 0.2) is 24.3 Å². The third-order valence-corrected chi connectivity index (χ3v) is 6.29. The van der Waals surface area contributed by atoms with E-state index in [1.54, 1.807) is 12.1 Å². The van der Waals surface area contributed by atoms with Crippen molar-refractivity contribution in [3.8, 4) is 0 Å². The molecule has 1 aromatic carbocycles. The summed E-state index contributed by atoms with van der Waals surface area (Å²) in [7, 11) is 0. The van der Waals surface area contributed by atoms with Crippen LogP contribution in [0.3, 0.4) is 0 Å². The fourth-order valence-corrected chi connectivity index (χ4v) is 4.42. The zero-order valence-electron chi connectivity index (χ0n) is 18.7. The average molecular weight is 418 g/mol. The second kappa shape index (κ2) is 9.90. The van der Waals surface area contributed by atoms with E-state index in [1.165, 1.54) is 25.0 Å². The van der Waals surface area contributed by atoms with Gasteiger partial charge in [0, 0.05) is 57.1 Å². The van der Waals surface area contributed by atoms with Crippen LogP contribution in [-0.2, 0) is 16.1 Å². The predicted molar refractivity (Wildman–Crippen MR) is 116 cm³/mol. The number of amides is 2. The van der Waals surface area contributed by atoms with Crippen molar-refractivity contribution in [2.24, 2.45) is 11.3 Å². The van der Waals surface area contributed by atoms with Crippen LogP contribution in [0.5, 0.6) is 0 Å². The predicted octanol–water partition coefficient (Wildman–Crippen LogP) is 3.53. The molecule has 3 rings (SSSR count). The summed E-state index contributed by atoms with van der Waals surface area (Å²) in [5.74, 6) is 0.416. The Morgan fingerprint density at radius 1 is 1.03 bits per heavy atom. The molecule has 6 heteroatoms. The molecule has 0 spiro atoms. The lowest BCUT2D eigenvalue weighted by Gasteiger charge is -2.37. The Bertz CT molecular complexity index is 715. The summed E-state index contributed by atoms with van der Waals surface area (Å²) in [6, 6.07) is 6.36. The highest BCUT2D eigenvalue weighted by atomic mass is 19.1. The number of hydrogen-bond donors (Lipinski definition) is 0. The van der Waals surface area contributed by atoms with Crippen LogP contribution in [0.4, 0.5) is 4.39 Å². The summed E-state index contributed by atoms with van der Waals surface area (Å²) in [5, 5.41) is 0. The molecule has 2 fully saturated rings. The monoisotopic (exact) mass is 417 g/mol. The highest BCUT2D eigenvalue weighted by molar-refractivity contribution is 5.81. The summed E-state index contributed by atoms with van der Waals surface area (Å²) < 4.78 is 13.2. The van der Waals surface area contributed by atoms with Gasteiger partial charge in [-0.05, 0) is 30.5 Å². The molecule has 2 aliphatic rings. The van der Waals surface area contributed by atoms with Gasteiger partial charge in [-0.3, -0.25) is 14.5 Å². The Balaban J connectivity index is 1.53. The van der Waals surface area contributed by atoms with Crippen molar-refractivity contribution in [3.05, 3.63) is 35.6 Å². The van der Waals surface area contributed by atoms with Crippen molar-refractivity contribution in [1.82, 2.24) is 14.7 Å². The second-order valence-electron chi connectivity index (χ2n) is 9.75. The van der Waals surface area contributed by atoms with E-state index < -0.39 is 5.41 Å². The minimum absolute atomic E-state index is 0.0990. The van der Waals surface area contributed by atoms with Gasteiger partial charge in [0.2, 0.25) is 11.8 Å². The van der Waals surface area contributed by atoms with Crippen LogP contribution >= 0.6 is 0 Å². The first kappa shape index (κ1) is 22.7. The van der Waals surface area contributed by atoms with Crippen molar-refractivity contribution >= 4 is 11.8 Å². The van der Waals surface area contributed by atoms with E-state index in [0.717, 1.165) is 51.1 Å². The summed E-state index contributed by atoms with van der Waals surface area (Å²) in [4.78, 5) is 31.9. The molecule has 0 radical (unpaired) electrons. The van der Waals surface area contributed by atoms with E-state index >= 15 is 0 Å². The van der Waals surface area contributed by atoms with Crippen molar-refractivity contribution < 1.29 is 14.0 Å². The van der Waals surface area contributed by atoms with Gasteiger partial charge in [-0.2, -0.15) is 0 Å². The van der Waals surface area contributed by atoms with E-state index in [0.29, 0.717) is 19.0 Å². The van der Waals surface area contributed by atoms with Crippen LogP contribution in [-0.4, -0.2) is 65.8 Å². The fourth-order valence-electron chi connectivity index (χ4n) is 4.42. The Morgan fingerprint density at radius 3 is 2.20 bits per heavy atom. The first-order chi connectivity index (χ1) is 14.2. The lowest BCUT2D eigenvalue weighted by atomic mass is 9.94. The van der Waals surface area contributed by atoms with Crippen LogP contribution in [0.1, 0.15) is 52.0 Å². The van der Waals surface area contributed by atoms with E-state index in [9.17, 15) is 14.0 Å². The highest BCUT2D eigenvalue weighted by Crippen LogP contribution is 2.27. The van der Waals surface area contributed by atoms with Crippen LogP contribution < -0.4 is 0 Å². The van der Waals surface area contributed by atoms with E-state index in [2.05, 4.69) is 4.90 Å². The first-order valence-electron chi connectivity index (χ1n) is 11.3. The number of benzene rings is 1. The molecule has 0 unspecified atom stereocenters. The van der Waals surface area contributed by atoms with Gasteiger partial charge < -0.3 is 9.80 Å². The molecule has 0 atom stereocenters. The summed E-state index contributed by atoms with van der Waals surface area (Å²) in [6.45, 7) is 11.0. The van der Waals surface area contributed by atoms with Crippen molar-refractivity contribution in [3.63, 3.8) is 0 Å². The number of carbonyl (C=O) groups is 2. The maximum atomic E-state index is 13.2. The molecule has 1 saturated heterocycles. The number of halogens is 1. The van der Waals surface area contributed by atoms with Crippen LogP contribution in [0.2, 0.25) is 0 Å². The average Bonchev–Trinajstić information content (AvgIpc) is 3.26. The zero-order chi connectivity index (χ0) is 21.7. The molecule has 166 valence electrons. The number of nitrogens with zero attached hydrogens (tertiary/aromatic N) is 3. The third kappa shape index (κ3) is 6.03. The molecular weight excluding hydrogens is 381 g/mol. The molecule has 2 amide bonds. The minimum Gasteiger partial charge on any atom is -0.340 e. The van der Waals surface area contributed by atoms with Gasteiger partial charge in [0.15, 0.2) is 0 Å². The zero-order valence-corrected chi connectivity index (χ0v) is 18.7. The molecule has 30 heavy (non-hydrogen) atoms. The van der Waals surface area contributed by atoms with Gasteiger partial charge >= 0.3 is 0 Å². The largest absolute Gasteiger partial charge is 0.340 e. The van der Waals surface area contributed by atoms with Crippen LogP contribution in [0.25, 0.3) is 0 Å². The molecule has 1 aliphatic carbocycles. The molecule has 1 heterocycles. The molecular formula is C24H36FN3O2. The van der Waals surface area contributed by atoms with E-state index in [4.69, 9.17) is 0 Å². The van der Waals surface area contributed by atoms with E-state index in [-0.39, 0.29) is 17.6 Å². The normalized spacial score (nSPS) is 18.6. The van der Waals surface area contributed by atoms with Gasteiger partial charge in [-0.25, -0.2) is 4.39 Å². The van der Waals surface area contributed by atoms with Gasteiger partial charge in [0.1, 0.15) is 5.82 Å². The molecule has 0 bridgehead atoms. The number of hydrogen-bond acceptors (Lipinski definition) is 3. The minimum atomic E-state index is -0.466. The maximum absolute atomic E-state index is 13.2. The quantitative estimate of drug-likeness (QED) is 0.711. The molecule has 1 aliphatic heterocycles. The Labute approximate surface area is 180 Å². The smallest absolute Gasteiger partial charge is 0.228 e. The molecule has 1 saturated carbocycles. The maximum Gasteiger partial charge on any atom is 0.228 e. The Morgan fingerprint density at radius 2 is 1.63 bits per heavy atom. The summed E-state index contributed by atoms with van der Waals surface area (Å²) in [6.07, 6.45) is 4.46. The molecule has 0 N–H and O–H groups in total. The summed E-state index contributed by atoms with van der Waals surface area (Å²) in [5.41, 5.74) is 0.466. The van der Waals surface area contributed by atoms with Crippen LogP contribution in [0, 0.1) is 17.2 Å². The standard InChI is InChI=1S/C24H36FN3O2/c1-24(2,3)23(30)28(18-19-8-10-21(25)11-9-19)17-14-26-12-15-27(16-13-26)22(29)20-6-4-5-7-20/h8-11,20H,4-7,12-18H2,1-3H3. The van der Waals surface area contributed by atoms with Crippen molar-refractivity contribution in [1.29, 1.82) is 0 Å².